The van der Waals surface area contributed by atoms with Crippen molar-refractivity contribution >= 4 is 46.2 Å². The highest BCUT2D eigenvalue weighted by Gasteiger charge is 2.12. The van der Waals surface area contributed by atoms with Crippen LogP contribution in [0, 0.1) is 0 Å². The van der Waals surface area contributed by atoms with Crippen molar-refractivity contribution in [3.63, 3.8) is 0 Å². The molecule has 0 aliphatic carbocycles. The Labute approximate surface area is 139 Å². The van der Waals surface area contributed by atoms with Gasteiger partial charge in [-0.1, -0.05) is 30.1 Å². The fraction of sp³-hybridized carbons (Fsp3) is 0.188. The van der Waals surface area contributed by atoms with Gasteiger partial charge in [0, 0.05) is 17.9 Å². The van der Waals surface area contributed by atoms with E-state index in [2.05, 4.69) is 10.6 Å². The van der Waals surface area contributed by atoms with Gasteiger partial charge in [0.15, 0.2) is 0 Å². The van der Waals surface area contributed by atoms with Crippen molar-refractivity contribution in [1.82, 2.24) is 5.32 Å². The van der Waals surface area contributed by atoms with Crippen molar-refractivity contribution in [2.24, 2.45) is 0 Å². The number of hydrogen-bond acceptors (Lipinski definition) is 3. The SMILES string of the molecule is CCCNC(=O)c1cc(N)ccc1Nc1ccc(Cl)c(Cl)c1. The van der Waals surface area contributed by atoms with Crippen LogP contribution in [-0.4, -0.2) is 12.5 Å². The third kappa shape index (κ3) is 4.06. The van der Waals surface area contributed by atoms with E-state index < -0.39 is 0 Å². The Bertz CT molecular complexity index is 689. The predicted molar refractivity (Wildman–Crippen MR) is 93.2 cm³/mol. The quantitative estimate of drug-likeness (QED) is 0.705. The summed E-state index contributed by atoms with van der Waals surface area (Å²) >= 11 is 11.9. The van der Waals surface area contributed by atoms with E-state index in [9.17, 15) is 4.79 Å². The second kappa shape index (κ2) is 7.38. The molecule has 2 rings (SSSR count). The molecule has 0 aliphatic heterocycles. The largest absolute Gasteiger partial charge is 0.399 e. The summed E-state index contributed by atoms with van der Waals surface area (Å²) in [4.78, 5) is 12.2. The average molecular weight is 338 g/mol. The zero-order valence-electron chi connectivity index (χ0n) is 12.1. The lowest BCUT2D eigenvalue weighted by Gasteiger charge is -2.13. The number of benzene rings is 2. The number of halogens is 2. The van der Waals surface area contributed by atoms with Crippen molar-refractivity contribution in [3.8, 4) is 0 Å². The Morgan fingerprint density at radius 2 is 1.91 bits per heavy atom. The molecule has 0 heterocycles. The van der Waals surface area contributed by atoms with Crippen LogP contribution in [-0.2, 0) is 0 Å². The molecule has 0 spiro atoms. The molecule has 0 saturated heterocycles. The molecule has 4 N–H and O–H groups in total. The van der Waals surface area contributed by atoms with Crippen molar-refractivity contribution in [2.75, 3.05) is 17.6 Å². The van der Waals surface area contributed by atoms with Crippen LogP contribution in [0.25, 0.3) is 0 Å². The number of nitrogens with one attached hydrogen (secondary N) is 2. The molecule has 0 aromatic heterocycles. The van der Waals surface area contributed by atoms with Gasteiger partial charge in [-0.3, -0.25) is 4.79 Å². The molecule has 1 amide bonds. The normalized spacial score (nSPS) is 10.3. The highest BCUT2D eigenvalue weighted by Crippen LogP contribution is 2.28. The Hall–Kier alpha value is -1.91. The lowest BCUT2D eigenvalue weighted by molar-refractivity contribution is 0.0954. The molecule has 2 aromatic carbocycles. The number of amides is 1. The Morgan fingerprint density at radius 1 is 1.14 bits per heavy atom. The van der Waals surface area contributed by atoms with Gasteiger partial charge in [0.25, 0.3) is 5.91 Å². The fourth-order valence-electron chi connectivity index (χ4n) is 1.92. The minimum atomic E-state index is -0.170. The minimum absolute atomic E-state index is 0.170. The molecule has 6 heteroatoms. The van der Waals surface area contributed by atoms with E-state index in [4.69, 9.17) is 28.9 Å². The summed E-state index contributed by atoms with van der Waals surface area (Å²) in [6.07, 6.45) is 0.865. The van der Waals surface area contributed by atoms with Crippen LogP contribution >= 0.6 is 23.2 Å². The van der Waals surface area contributed by atoms with Crippen LogP contribution in [0.4, 0.5) is 17.1 Å². The van der Waals surface area contributed by atoms with Crippen LogP contribution in [0.15, 0.2) is 36.4 Å². The zero-order chi connectivity index (χ0) is 16.1. The summed E-state index contributed by atoms with van der Waals surface area (Å²) in [6, 6.07) is 10.3. The number of hydrogen-bond donors (Lipinski definition) is 3. The first-order valence-corrected chi connectivity index (χ1v) is 7.66. The molecule has 0 bridgehead atoms. The fourth-order valence-corrected chi connectivity index (χ4v) is 2.22. The minimum Gasteiger partial charge on any atom is -0.399 e. The maximum absolute atomic E-state index is 12.2. The first-order valence-electron chi connectivity index (χ1n) is 6.91. The number of nitrogen functional groups attached to an aromatic ring is 1. The first kappa shape index (κ1) is 16.5. The molecule has 0 fully saturated rings. The van der Waals surface area contributed by atoms with E-state index in [1.165, 1.54) is 0 Å². The van der Waals surface area contributed by atoms with Crippen LogP contribution in [0.5, 0.6) is 0 Å². The molecule has 0 aliphatic rings. The van der Waals surface area contributed by atoms with Crippen LogP contribution in [0.3, 0.4) is 0 Å². The van der Waals surface area contributed by atoms with Crippen LogP contribution in [0.2, 0.25) is 10.0 Å². The van der Waals surface area contributed by atoms with E-state index >= 15 is 0 Å². The van der Waals surface area contributed by atoms with Gasteiger partial charge >= 0.3 is 0 Å². The summed E-state index contributed by atoms with van der Waals surface area (Å²) in [5, 5.41) is 6.93. The third-order valence-electron chi connectivity index (χ3n) is 3.02. The van der Waals surface area contributed by atoms with E-state index in [0.29, 0.717) is 33.5 Å². The molecule has 4 nitrogen and oxygen atoms in total. The summed E-state index contributed by atoms with van der Waals surface area (Å²) in [5.74, 6) is -0.170. The molecule has 0 unspecified atom stereocenters. The number of nitrogens with two attached hydrogens (primary N) is 1. The molecule has 0 saturated carbocycles. The smallest absolute Gasteiger partial charge is 0.253 e. The summed E-state index contributed by atoms with van der Waals surface area (Å²) in [6.45, 7) is 2.61. The van der Waals surface area contributed by atoms with Gasteiger partial charge in [0.1, 0.15) is 0 Å². The number of rotatable bonds is 5. The second-order valence-electron chi connectivity index (χ2n) is 4.81. The third-order valence-corrected chi connectivity index (χ3v) is 3.76. The number of carbonyl (C=O) groups excluding carboxylic acids is 1. The van der Waals surface area contributed by atoms with Crippen LogP contribution in [0.1, 0.15) is 23.7 Å². The first-order chi connectivity index (χ1) is 10.5. The predicted octanol–water partition coefficient (Wildman–Crippen LogP) is 4.46. The molecule has 116 valence electrons. The molecular weight excluding hydrogens is 321 g/mol. The summed E-state index contributed by atoms with van der Waals surface area (Å²) < 4.78 is 0. The van der Waals surface area contributed by atoms with Gasteiger partial charge in [0.05, 0.1) is 21.3 Å². The van der Waals surface area contributed by atoms with Gasteiger partial charge < -0.3 is 16.4 Å². The van der Waals surface area contributed by atoms with Gasteiger partial charge in [-0.25, -0.2) is 0 Å². The van der Waals surface area contributed by atoms with Crippen LogP contribution < -0.4 is 16.4 Å². The van der Waals surface area contributed by atoms with E-state index in [1.54, 1.807) is 36.4 Å². The van der Waals surface area contributed by atoms with Crippen molar-refractivity contribution in [1.29, 1.82) is 0 Å². The number of carbonyl (C=O) groups is 1. The topological polar surface area (TPSA) is 67.2 Å². The molecule has 0 atom stereocenters. The number of anilines is 3. The van der Waals surface area contributed by atoms with Gasteiger partial charge in [-0.2, -0.15) is 0 Å². The zero-order valence-corrected chi connectivity index (χ0v) is 13.6. The summed E-state index contributed by atoms with van der Waals surface area (Å²) in [5.41, 5.74) is 8.19. The van der Waals surface area contributed by atoms with Crippen molar-refractivity contribution < 1.29 is 4.79 Å². The highest BCUT2D eigenvalue weighted by atomic mass is 35.5. The Morgan fingerprint density at radius 3 is 2.59 bits per heavy atom. The highest BCUT2D eigenvalue weighted by molar-refractivity contribution is 6.42. The van der Waals surface area contributed by atoms with E-state index in [0.717, 1.165) is 12.1 Å². The molecule has 0 radical (unpaired) electrons. The Balaban J connectivity index is 2.29. The summed E-state index contributed by atoms with van der Waals surface area (Å²) in [7, 11) is 0. The van der Waals surface area contributed by atoms with Crippen molar-refractivity contribution in [3.05, 3.63) is 52.0 Å². The van der Waals surface area contributed by atoms with Gasteiger partial charge in [-0.15, -0.1) is 0 Å². The maximum Gasteiger partial charge on any atom is 0.253 e. The lowest BCUT2D eigenvalue weighted by Crippen LogP contribution is -2.24. The van der Waals surface area contributed by atoms with E-state index in [-0.39, 0.29) is 5.91 Å². The van der Waals surface area contributed by atoms with E-state index in [1.807, 2.05) is 6.92 Å². The van der Waals surface area contributed by atoms with Gasteiger partial charge in [-0.05, 0) is 42.8 Å². The molecule has 22 heavy (non-hydrogen) atoms. The average Bonchev–Trinajstić information content (AvgIpc) is 2.50. The Kier molecular flexibility index (Phi) is 5.52. The standard InChI is InChI=1S/C16H17Cl2N3O/c1-2-7-20-16(22)12-8-10(19)3-6-15(12)21-11-4-5-13(17)14(18)9-11/h3-6,8-9,21H,2,7,19H2,1H3,(H,20,22). The lowest BCUT2D eigenvalue weighted by atomic mass is 10.1. The second-order valence-corrected chi connectivity index (χ2v) is 5.63. The monoisotopic (exact) mass is 337 g/mol. The van der Waals surface area contributed by atoms with Crippen molar-refractivity contribution in [2.45, 2.75) is 13.3 Å². The van der Waals surface area contributed by atoms with Gasteiger partial charge in [0.2, 0.25) is 0 Å². The maximum atomic E-state index is 12.2. The molecule has 2 aromatic rings. The molecular formula is C16H17Cl2N3O.